The molecule has 0 aliphatic rings. The summed E-state index contributed by atoms with van der Waals surface area (Å²) in [7, 11) is 0. The van der Waals surface area contributed by atoms with Crippen molar-refractivity contribution in [3.8, 4) is 5.75 Å². The number of rotatable bonds is 6. The van der Waals surface area contributed by atoms with Crippen molar-refractivity contribution in [1.29, 1.82) is 0 Å². The van der Waals surface area contributed by atoms with Crippen molar-refractivity contribution in [3.05, 3.63) is 92.9 Å². The Labute approximate surface area is 195 Å². The summed E-state index contributed by atoms with van der Waals surface area (Å²) in [6, 6.07) is 19.9. The van der Waals surface area contributed by atoms with Crippen LogP contribution in [0.4, 0.5) is 5.69 Å². The topological polar surface area (TPSA) is 50.4 Å². The van der Waals surface area contributed by atoms with E-state index in [9.17, 15) is 4.79 Å². The number of hydrogen-bond acceptors (Lipinski definition) is 3. The molecule has 1 amide bonds. The number of nitrogens with one attached hydrogen (secondary N) is 2. The van der Waals surface area contributed by atoms with Gasteiger partial charge in [-0.15, -0.1) is 0 Å². The number of amides is 1. The fraction of sp³-hybridized carbons (Fsp3) is 0.0909. The van der Waals surface area contributed by atoms with Gasteiger partial charge in [-0.05, 0) is 48.1 Å². The van der Waals surface area contributed by atoms with Gasteiger partial charge in [0.1, 0.15) is 5.75 Å². The standard InChI is InChI=1S/C22H17Cl3N2O2S/c23-17-12-19(25)20(13-18(17)24)26-22(30)27-21(28)15-7-4-8-16(11-15)29-10-9-14-5-2-1-3-6-14/h1-8,11-13H,9-10H2,(H2,26,27,28,30). The van der Waals surface area contributed by atoms with Crippen molar-refractivity contribution in [2.24, 2.45) is 0 Å². The highest BCUT2D eigenvalue weighted by atomic mass is 35.5. The van der Waals surface area contributed by atoms with Crippen LogP contribution in [0.1, 0.15) is 15.9 Å². The summed E-state index contributed by atoms with van der Waals surface area (Å²) in [5.74, 6) is 0.224. The maximum atomic E-state index is 12.5. The Morgan fingerprint density at radius 3 is 2.40 bits per heavy atom. The molecule has 0 bridgehead atoms. The number of anilines is 1. The lowest BCUT2D eigenvalue weighted by Gasteiger charge is -2.12. The zero-order chi connectivity index (χ0) is 21.5. The van der Waals surface area contributed by atoms with Crippen LogP contribution in [0.5, 0.6) is 5.75 Å². The minimum atomic E-state index is -0.378. The van der Waals surface area contributed by atoms with E-state index in [1.165, 1.54) is 17.7 Å². The van der Waals surface area contributed by atoms with Crippen LogP contribution in [0.3, 0.4) is 0 Å². The minimum absolute atomic E-state index is 0.0793. The number of halogens is 3. The molecule has 4 nitrogen and oxygen atoms in total. The molecule has 0 aliphatic heterocycles. The molecule has 2 N–H and O–H groups in total. The van der Waals surface area contributed by atoms with Crippen molar-refractivity contribution in [2.75, 3.05) is 11.9 Å². The second-order valence-corrected chi connectivity index (χ2v) is 7.90. The molecule has 154 valence electrons. The van der Waals surface area contributed by atoms with Crippen LogP contribution in [0.2, 0.25) is 15.1 Å². The van der Waals surface area contributed by atoms with Crippen molar-refractivity contribution < 1.29 is 9.53 Å². The van der Waals surface area contributed by atoms with Crippen molar-refractivity contribution in [2.45, 2.75) is 6.42 Å². The van der Waals surface area contributed by atoms with Gasteiger partial charge in [0.2, 0.25) is 0 Å². The highest BCUT2D eigenvalue weighted by Gasteiger charge is 2.12. The molecule has 0 aromatic heterocycles. The van der Waals surface area contributed by atoms with Gasteiger partial charge >= 0.3 is 0 Å². The summed E-state index contributed by atoms with van der Waals surface area (Å²) >= 11 is 23.2. The lowest BCUT2D eigenvalue weighted by Crippen LogP contribution is -2.34. The summed E-state index contributed by atoms with van der Waals surface area (Å²) in [5, 5.41) is 6.50. The normalized spacial score (nSPS) is 10.4. The number of hydrogen-bond donors (Lipinski definition) is 2. The summed E-state index contributed by atoms with van der Waals surface area (Å²) in [6.45, 7) is 0.505. The molecule has 0 saturated heterocycles. The van der Waals surface area contributed by atoms with E-state index in [-0.39, 0.29) is 11.0 Å². The number of ether oxygens (including phenoxy) is 1. The largest absolute Gasteiger partial charge is 0.493 e. The summed E-state index contributed by atoms with van der Waals surface area (Å²) in [6.07, 6.45) is 0.773. The van der Waals surface area contributed by atoms with Gasteiger partial charge in [0.25, 0.3) is 5.91 Å². The highest BCUT2D eigenvalue weighted by Crippen LogP contribution is 2.32. The van der Waals surface area contributed by atoms with E-state index in [0.29, 0.717) is 38.7 Å². The van der Waals surface area contributed by atoms with E-state index in [1.54, 1.807) is 24.3 Å². The fourth-order valence-electron chi connectivity index (χ4n) is 2.61. The molecule has 0 aliphatic carbocycles. The molecule has 0 atom stereocenters. The Morgan fingerprint density at radius 2 is 1.63 bits per heavy atom. The minimum Gasteiger partial charge on any atom is -0.493 e. The summed E-state index contributed by atoms with van der Waals surface area (Å²) < 4.78 is 5.77. The Kier molecular flexibility index (Phi) is 7.94. The molecule has 30 heavy (non-hydrogen) atoms. The first-order valence-corrected chi connectivity index (χ1v) is 10.5. The van der Waals surface area contributed by atoms with Gasteiger partial charge in [0, 0.05) is 12.0 Å². The molecule has 0 fully saturated rings. The maximum Gasteiger partial charge on any atom is 0.257 e. The van der Waals surface area contributed by atoms with Crippen LogP contribution >= 0.6 is 47.0 Å². The van der Waals surface area contributed by atoms with Crippen LogP contribution < -0.4 is 15.4 Å². The van der Waals surface area contributed by atoms with Gasteiger partial charge in [-0.25, -0.2) is 0 Å². The first-order valence-electron chi connectivity index (χ1n) is 8.96. The molecular formula is C22H17Cl3N2O2S. The molecule has 0 spiro atoms. The fourth-order valence-corrected chi connectivity index (χ4v) is 3.40. The molecule has 8 heteroatoms. The number of carbonyl (C=O) groups excluding carboxylic acids is 1. The summed E-state index contributed by atoms with van der Waals surface area (Å²) in [5.41, 5.74) is 2.04. The Bertz CT molecular complexity index is 1060. The Balaban J connectivity index is 1.56. The number of carbonyl (C=O) groups is 1. The number of benzene rings is 3. The first-order chi connectivity index (χ1) is 14.4. The molecule has 0 saturated carbocycles. The van der Waals surface area contributed by atoms with Gasteiger partial charge in [-0.3, -0.25) is 10.1 Å². The van der Waals surface area contributed by atoms with Crippen LogP contribution in [0, 0.1) is 0 Å². The van der Waals surface area contributed by atoms with Crippen molar-refractivity contribution in [1.82, 2.24) is 5.32 Å². The van der Waals surface area contributed by atoms with E-state index in [2.05, 4.69) is 10.6 Å². The van der Waals surface area contributed by atoms with E-state index in [0.717, 1.165) is 6.42 Å². The average molecular weight is 480 g/mol. The maximum absolute atomic E-state index is 12.5. The second-order valence-electron chi connectivity index (χ2n) is 6.27. The van der Waals surface area contributed by atoms with Crippen molar-refractivity contribution in [3.63, 3.8) is 0 Å². The zero-order valence-electron chi connectivity index (χ0n) is 15.6. The van der Waals surface area contributed by atoms with E-state index in [4.69, 9.17) is 51.8 Å². The molecular weight excluding hydrogens is 463 g/mol. The van der Waals surface area contributed by atoms with Gasteiger partial charge in [-0.2, -0.15) is 0 Å². The Morgan fingerprint density at radius 1 is 0.900 bits per heavy atom. The van der Waals surface area contributed by atoms with Gasteiger partial charge in [-0.1, -0.05) is 71.2 Å². The lowest BCUT2D eigenvalue weighted by atomic mass is 10.2. The predicted octanol–water partition coefficient (Wildman–Crippen LogP) is 6.40. The molecule has 0 unspecified atom stereocenters. The molecule has 3 rings (SSSR count). The van der Waals surface area contributed by atoms with Gasteiger partial charge in [0.15, 0.2) is 5.11 Å². The Hall–Kier alpha value is -2.31. The average Bonchev–Trinajstić information content (AvgIpc) is 2.73. The van der Waals surface area contributed by atoms with Crippen molar-refractivity contribution >= 4 is 63.7 Å². The van der Waals surface area contributed by atoms with Crippen LogP contribution in [-0.2, 0) is 6.42 Å². The van der Waals surface area contributed by atoms with Crippen LogP contribution in [0.25, 0.3) is 0 Å². The van der Waals surface area contributed by atoms with E-state index >= 15 is 0 Å². The third-order valence-electron chi connectivity index (χ3n) is 4.08. The third kappa shape index (κ3) is 6.34. The predicted molar refractivity (Wildman–Crippen MR) is 127 cm³/mol. The van der Waals surface area contributed by atoms with Gasteiger partial charge < -0.3 is 10.1 Å². The lowest BCUT2D eigenvalue weighted by molar-refractivity contribution is 0.0977. The second kappa shape index (κ2) is 10.6. The van der Waals surface area contributed by atoms with Crippen LogP contribution in [0.15, 0.2) is 66.7 Å². The molecule has 3 aromatic rings. The molecule has 3 aromatic carbocycles. The van der Waals surface area contributed by atoms with E-state index in [1.807, 2.05) is 30.3 Å². The van der Waals surface area contributed by atoms with E-state index < -0.39 is 0 Å². The molecule has 0 radical (unpaired) electrons. The first kappa shape index (κ1) is 22.4. The third-order valence-corrected chi connectivity index (χ3v) is 5.32. The highest BCUT2D eigenvalue weighted by molar-refractivity contribution is 7.80. The SMILES string of the molecule is O=C(NC(=S)Nc1cc(Cl)c(Cl)cc1Cl)c1cccc(OCCc2ccccc2)c1. The van der Waals surface area contributed by atoms with Gasteiger partial charge in [0.05, 0.1) is 27.4 Å². The smallest absolute Gasteiger partial charge is 0.257 e. The zero-order valence-corrected chi connectivity index (χ0v) is 18.7. The quantitative estimate of drug-likeness (QED) is 0.317. The number of thiocarbonyl (C=S) groups is 1. The summed E-state index contributed by atoms with van der Waals surface area (Å²) in [4.78, 5) is 12.5. The molecule has 0 heterocycles. The van der Waals surface area contributed by atoms with Crippen LogP contribution in [-0.4, -0.2) is 17.6 Å². The monoisotopic (exact) mass is 478 g/mol.